The van der Waals surface area contributed by atoms with E-state index in [1.54, 1.807) is 0 Å². The molecule has 1 aromatic rings. The normalized spacial score (nSPS) is 13.8. The van der Waals surface area contributed by atoms with Crippen LogP contribution >= 0.6 is 22.6 Å². The first kappa shape index (κ1) is 15.9. The van der Waals surface area contributed by atoms with Crippen molar-refractivity contribution >= 4 is 34.5 Å². The van der Waals surface area contributed by atoms with Crippen molar-refractivity contribution < 1.29 is 19.8 Å². The van der Waals surface area contributed by atoms with E-state index in [0.29, 0.717) is 6.42 Å². The number of hydrogen-bond donors (Lipinski definition) is 3. The summed E-state index contributed by atoms with van der Waals surface area (Å²) in [4.78, 5) is 21.8. The maximum Gasteiger partial charge on any atom is 0.320 e. The molecule has 0 amide bonds. The average molecular weight is 377 g/mol. The maximum atomic E-state index is 11.2. The van der Waals surface area contributed by atoms with Gasteiger partial charge in [0, 0.05) is 3.57 Å². The Balaban J connectivity index is 2.60. The Hall–Kier alpha value is -1.15. The molecule has 0 aliphatic carbocycles. The molecule has 1 aromatic carbocycles. The first-order chi connectivity index (χ1) is 8.90. The first-order valence-corrected chi connectivity index (χ1v) is 6.93. The predicted molar refractivity (Wildman–Crippen MR) is 78.8 cm³/mol. The van der Waals surface area contributed by atoms with Crippen LogP contribution in [-0.2, 0) is 16.0 Å². The SMILES string of the molecule is NC(CCC(Cc1ccc(I)cc1)C(=O)O)C(=O)O. The molecule has 0 bridgehead atoms. The van der Waals surface area contributed by atoms with E-state index in [9.17, 15) is 9.59 Å². The lowest BCUT2D eigenvalue weighted by Gasteiger charge is -2.14. The Morgan fingerprint density at radius 2 is 1.68 bits per heavy atom. The van der Waals surface area contributed by atoms with Crippen molar-refractivity contribution in [3.8, 4) is 0 Å². The summed E-state index contributed by atoms with van der Waals surface area (Å²) in [5, 5.41) is 17.8. The zero-order chi connectivity index (χ0) is 14.4. The molecule has 2 atom stereocenters. The number of carboxylic acid groups (broad SMARTS) is 2. The van der Waals surface area contributed by atoms with Crippen molar-refractivity contribution in [3.05, 3.63) is 33.4 Å². The van der Waals surface area contributed by atoms with Gasteiger partial charge in [-0.2, -0.15) is 0 Å². The number of hydrogen-bond acceptors (Lipinski definition) is 3. The van der Waals surface area contributed by atoms with E-state index in [2.05, 4.69) is 22.6 Å². The summed E-state index contributed by atoms with van der Waals surface area (Å²) in [5.41, 5.74) is 6.31. The van der Waals surface area contributed by atoms with Gasteiger partial charge in [-0.3, -0.25) is 9.59 Å². The molecule has 0 aliphatic heterocycles. The molecule has 0 aromatic heterocycles. The number of benzene rings is 1. The zero-order valence-corrected chi connectivity index (χ0v) is 12.4. The molecular weight excluding hydrogens is 361 g/mol. The molecule has 6 heteroatoms. The minimum absolute atomic E-state index is 0.163. The molecule has 2 unspecified atom stereocenters. The van der Waals surface area contributed by atoms with Crippen LogP contribution in [0.15, 0.2) is 24.3 Å². The van der Waals surface area contributed by atoms with Crippen LogP contribution in [0.1, 0.15) is 18.4 Å². The highest BCUT2D eigenvalue weighted by molar-refractivity contribution is 14.1. The molecule has 1 rings (SSSR count). The molecule has 0 saturated heterocycles. The van der Waals surface area contributed by atoms with E-state index >= 15 is 0 Å². The lowest BCUT2D eigenvalue weighted by atomic mass is 9.93. The molecule has 4 N–H and O–H groups in total. The molecule has 104 valence electrons. The fraction of sp³-hybridized carbons (Fsp3) is 0.385. The average Bonchev–Trinajstić information content (AvgIpc) is 2.35. The minimum Gasteiger partial charge on any atom is -0.481 e. The largest absolute Gasteiger partial charge is 0.481 e. The molecule has 0 heterocycles. The molecule has 5 nitrogen and oxygen atoms in total. The first-order valence-electron chi connectivity index (χ1n) is 5.85. The van der Waals surface area contributed by atoms with Crippen molar-refractivity contribution in [2.24, 2.45) is 11.7 Å². The van der Waals surface area contributed by atoms with Crippen LogP contribution in [0.3, 0.4) is 0 Å². The Morgan fingerprint density at radius 1 is 1.11 bits per heavy atom. The highest BCUT2D eigenvalue weighted by atomic mass is 127. The predicted octanol–water partition coefficient (Wildman–Crippen LogP) is 1.73. The quantitative estimate of drug-likeness (QED) is 0.629. The third kappa shape index (κ3) is 5.56. The van der Waals surface area contributed by atoms with E-state index in [1.807, 2.05) is 24.3 Å². The number of carbonyl (C=O) groups is 2. The van der Waals surface area contributed by atoms with Crippen molar-refractivity contribution in [1.82, 2.24) is 0 Å². The van der Waals surface area contributed by atoms with Gasteiger partial charge in [-0.05, 0) is 59.5 Å². The van der Waals surface area contributed by atoms with E-state index in [0.717, 1.165) is 9.13 Å². The minimum atomic E-state index is -1.10. The van der Waals surface area contributed by atoms with Crippen LogP contribution in [0.25, 0.3) is 0 Å². The van der Waals surface area contributed by atoms with Crippen molar-refractivity contribution in [2.75, 3.05) is 0 Å². The fourth-order valence-electron chi connectivity index (χ4n) is 1.72. The van der Waals surface area contributed by atoms with Gasteiger partial charge in [-0.15, -0.1) is 0 Å². The number of halogens is 1. The summed E-state index contributed by atoms with van der Waals surface area (Å²) in [6.07, 6.45) is 0.810. The van der Waals surface area contributed by atoms with Crippen LogP contribution < -0.4 is 5.73 Å². The van der Waals surface area contributed by atoms with Crippen LogP contribution in [0.5, 0.6) is 0 Å². The number of nitrogens with two attached hydrogens (primary N) is 1. The highest BCUT2D eigenvalue weighted by Crippen LogP contribution is 2.17. The van der Waals surface area contributed by atoms with Gasteiger partial charge in [0.2, 0.25) is 0 Å². The van der Waals surface area contributed by atoms with Crippen LogP contribution in [0, 0.1) is 9.49 Å². The zero-order valence-electron chi connectivity index (χ0n) is 10.3. The fourth-order valence-corrected chi connectivity index (χ4v) is 2.08. The van der Waals surface area contributed by atoms with E-state index in [-0.39, 0.29) is 12.8 Å². The summed E-state index contributed by atoms with van der Waals surface area (Å²) in [6, 6.07) is 6.60. The Labute approximate surface area is 124 Å². The van der Waals surface area contributed by atoms with Crippen molar-refractivity contribution in [2.45, 2.75) is 25.3 Å². The van der Waals surface area contributed by atoms with Gasteiger partial charge in [-0.1, -0.05) is 12.1 Å². The van der Waals surface area contributed by atoms with Crippen molar-refractivity contribution in [1.29, 1.82) is 0 Å². The number of carboxylic acids is 2. The second kappa shape index (κ2) is 7.44. The maximum absolute atomic E-state index is 11.2. The van der Waals surface area contributed by atoms with Gasteiger partial charge < -0.3 is 15.9 Å². The molecule has 0 saturated carbocycles. The Kier molecular flexibility index (Phi) is 6.23. The second-order valence-electron chi connectivity index (χ2n) is 4.39. The molecule has 0 radical (unpaired) electrons. The van der Waals surface area contributed by atoms with E-state index in [1.165, 1.54) is 0 Å². The smallest absolute Gasteiger partial charge is 0.320 e. The lowest BCUT2D eigenvalue weighted by molar-refractivity contribution is -0.143. The van der Waals surface area contributed by atoms with Crippen LogP contribution in [-0.4, -0.2) is 28.2 Å². The summed E-state index contributed by atoms with van der Waals surface area (Å²) in [6.45, 7) is 0. The summed E-state index contributed by atoms with van der Waals surface area (Å²) < 4.78 is 1.08. The van der Waals surface area contributed by atoms with Gasteiger partial charge >= 0.3 is 11.9 Å². The topological polar surface area (TPSA) is 101 Å². The van der Waals surface area contributed by atoms with Crippen molar-refractivity contribution in [3.63, 3.8) is 0 Å². The van der Waals surface area contributed by atoms with E-state index in [4.69, 9.17) is 15.9 Å². The van der Waals surface area contributed by atoms with Gasteiger partial charge in [0.05, 0.1) is 5.92 Å². The van der Waals surface area contributed by atoms with E-state index < -0.39 is 23.9 Å². The second-order valence-corrected chi connectivity index (χ2v) is 5.63. The summed E-state index contributed by atoms with van der Waals surface area (Å²) >= 11 is 2.18. The molecular formula is C13H16INO4. The monoisotopic (exact) mass is 377 g/mol. The highest BCUT2D eigenvalue weighted by Gasteiger charge is 2.21. The van der Waals surface area contributed by atoms with Gasteiger partial charge in [0.15, 0.2) is 0 Å². The molecule has 19 heavy (non-hydrogen) atoms. The molecule has 0 fully saturated rings. The van der Waals surface area contributed by atoms with Gasteiger partial charge in [-0.25, -0.2) is 0 Å². The standard InChI is InChI=1S/C13H16INO4/c14-10-4-1-8(2-5-10)7-9(12(16)17)3-6-11(15)13(18)19/h1-2,4-5,9,11H,3,6-7,15H2,(H,16,17)(H,18,19). The van der Waals surface area contributed by atoms with Gasteiger partial charge in [0.1, 0.15) is 6.04 Å². The lowest BCUT2D eigenvalue weighted by Crippen LogP contribution is -2.31. The molecule has 0 aliphatic rings. The molecule has 0 spiro atoms. The number of aliphatic carboxylic acids is 2. The Morgan fingerprint density at radius 3 is 2.16 bits per heavy atom. The third-order valence-electron chi connectivity index (χ3n) is 2.89. The third-order valence-corrected chi connectivity index (χ3v) is 3.61. The van der Waals surface area contributed by atoms with Crippen LogP contribution in [0.2, 0.25) is 0 Å². The summed E-state index contributed by atoms with van der Waals surface area (Å²) in [5.74, 6) is -2.62. The number of rotatable bonds is 7. The van der Waals surface area contributed by atoms with Crippen LogP contribution in [0.4, 0.5) is 0 Å². The summed E-state index contributed by atoms with van der Waals surface area (Å²) in [7, 11) is 0. The Bertz CT molecular complexity index is 446. The van der Waals surface area contributed by atoms with Gasteiger partial charge in [0.25, 0.3) is 0 Å².